The fourth-order valence-corrected chi connectivity index (χ4v) is 8.64. The van der Waals surface area contributed by atoms with E-state index in [1.807, 2.05) is 54.6 Å². The Kier molecular flexibility index (Phi) is 6.53. The van der Waals surface area contributed by atoms with Gasteiger partial charge in [-0.1, -0.05) is 147 Å². The fourth-order valence-electron chi connectivity index (χ4n) is 8.64. The minimum Gasteiger partial charge on any atom is -0.435 e. The van der Waals surface area contributed by atoms with E-state index < -0.39 is 0 Å². The molecule has 2 heterocycles. The van der Waals surface area contributed by atoms with E-state index >= 15 is 0 Å². The van der Waals surface area contributed by atoms with E-state index in [1.165, 1.54) is 22.3 Å². The molecule has 11 rings (SSSR count). The highest BCUT2D eigenvalue weighted by atomic mass is 16.3. The summed E-state index contributed by atoms with van der Waals surface area (Å²) in [6, 6.07) is 54.8. The van der Waals surface area contributed by atoms with Crippen molar-refractivity contribution in [3.8, 4) is 56.7 Å². The molecule has 0 spiro atoms. The number of benzene rings is 8. The maximum atomic E-state index is 6.66. The minimum atomic E-state index is -0.238. The quantitative estimate of drug-likeness (QED) is 0.172. The molecule has 1 aliphatic rings. The first kappa shape index (κ1) is 30.6. The molecule has 0 saturated heterocycles. The van der Waals surface area contributed by atoms with Crippen molar-refractivity contribution in [2.24, 2.45) is 0 Å². The van der Waals surface area contributed by atoms with Gasteiger partial charge in [-0.05, 0) is 68.1 Å². The van der Waals surface area contributed by atoms with E-state index in [0.29, 0.717) is 23.4 Å². The van der Waals surface area contributed by atoms with Crippen LogP contribution in [0.15, 0.2) is 162 Å². The van der Waals surface area contributed by atoms with Crippen molar-refractivity contribution in [1.82, 2.24) is 19.9 Å². The van der Waals surface area contributed by atoms with Gasteiger partial charge < -0.3 is 4.42 Å². The van der Waals surface area contributed by atoms with E-state index in [0.717, 1.165) is 65.7 Å². The Morgan fingerprint density at radius 1 is 0.444 bits per heavy atom. The Labute approximate surface area is 311 Å². The summed E-state index contributed by atoms with van der Waals surface area (Å²) in [5.41, 5.74) is 10.2. The van der Waals surface area contributed by atoms with Crippen LogP contribution in [-0.4, -0.2) is 19.9 Å². The predicted octanol–water partition coefficient (Wildman–Crippen LogP) is 12.4. The first-order valence-electron chi connectivity index (χ1n) is 18.3. The van der Waals surface area contributed by atoms with Crippen LogP contribution >= 0.6 is 0 Å². The van der Waals surface area contributed by atoms with Gasteiger partial charge in [0.25, 0.3) is 0 Å². The normalized spacial score (nSPS) is 13.1. The summed E-state index contributed by atoms with van der Waals surface area (Å²) in [6.45, 7) is 4.60. The predicted molar refractivity (Wildman–Crippen MR) is 219 cm³/mol. The Morgan fingerprint density at radius 3 is 1.93 bits per heavy atom. The molecule has 2 aromatic heterocycles. The fraction of sp³-hybridized carbons (Fsp3) is 0.0612. The summed E-state index contributed by atoms with van der Waals surface area (Å²) in [5.74, 6) is 2.51. The monoisotopic (exact) mass is 692 g/mol. The number of oxazole rings is 1. The third kappa shape index (κ3) is 4.51. The van der Waals surface area contributed by atoms with Crippen molar-refractivity contribution in [2.45, 2.75) is 19.3 Å². The Balaban J connectivity index is 1.22. The van der Waals surface area contributed by atoms with Crippen molar-refractivity contribution in [2.75, 3.05) is 0 Å². The first-order valence-corrected chi connectivity index (χ1v) is 18.3. The van der Waals surface area contributed by atoms with Crippen LogP contribution in [0.5, 0.6) is 0 Å². The highest BCUT2D eigenvalue weighted by molar-refractivity contribution is 6.28. The summed E-state index contributed by atoms with van der Waals surface area (Å²) < 4.78 is 6.66. The molecule has 1 aliphatic carbocycles. The zero-order valence-electron chi connectivity index (χ0n) is 29.7. The topological polar surface area (TPSA) is 64.7 Å². The average molecular weight is 693 g/mol. The van der Waals surface area contributed by atoms with Crippen molar-refractivity contribution >= 4 is 43.4 Å². The van der Waals surface area contributed by atoms with E-state index in [2.05, 4.69) is 117 Å². The molecule has 0 unspecified atom stereocenters. The third-order valence-electron chi connectivity index (χ3n) is 11.1. The summed E-state index contributed by atoms with van der Waals surface area (Å²) in [7, 11) is 0. The van der Waals surface area contributed by atoms with Gasteiger partial charge in [0.05, 0.1) is 0 Å². The molecule has 0 aliphatic heterocycles. The summed E-state index contributed by atoms with van der Waals surface area (Å²) in [5, 5.41) is 6.44. The number of rotatable bonds is 4. The van der Waals surface area contributed by atoms with E-state index in [9.17, 15) is 0 Å². The van der Waals surface area contributed by atoms with Crippen molar-refractivity contribution in [3.05, 3.63) is 169 Å². The standard InChI is InChI=1S/C49H32N4O/c1-49(2)39-23-12-11-20-34(39)36-21-13-22-37(43(36)49)46-51-45(30-14-5-3-6-15-30)52-47(53-46)38-28-32-18-9-10-19-33(32)42-35(38)26-24-29-25-27-40-44(41(29)42)54-48(50-40)31-16-7-4-8-17-31/h3-28H,1-2H3. The van der Waals surface area contributed by atoms with Gasteiger partial charge in [0, 0.05) is 38.4 Å². The van der Waals surface area contributed by atoms with Gasteiger partial charge in [-0.15, -0.1) is 0 Å². The first-order chi connectivity index (χ1) is 26.5. The number of aromatic nitrogens is 4. The molecule has 8 aromatic carbocycles. The molecule has 0 amide bonds. The van der Waals surface area contributed by atoms with Gasteiger partial charge >= 0.3 is 0 Å². The molecule has 5 heteroatoms. The molecule has 5 nitrogen and oxygen atoms in total. The Hall–Kier alpha value is -6.98. The smallest absolute Gasteiger partial charge is 0.227 e. The van der Waals surface area contributed by atoms with Gasteiger partial charge in [0.2, 0.25) is 5.89 Å². The zero-order valence-corrected chi connectivity index (χ0v) is 29.7. The lowest BCUT2D eigenvalue weighted by molar-refractivity contribution is 0.623. The van der Waals surface area contributed by atoms with Gasteiger partial charge in [-0.2, -0.15) is 0 Å². The van der Waals surface area contributed by atoms with Crippen LogP contribution in [0.2, 0.25) is 0 Å². The SMILES string of the molecule is CC1(C)c2ccccc2-c2cccc(-c3nc(-c4ccccc4)nc(-c4cc5ccccc5c5c4ccc4ccc6nc(-c7ccccc7)oc6c45)n3)c21. The van der Waals surface area contributed by atoms with Crippen molar-refractivity contribution < 1.29 is 4.42 Å². The molecular formula is C49H32N4O. The van der Waals surface area contributed by atoms with Gasteiger partial charge in [0.15, 0.2) is 23.1 Å². The van der Waals surface area contributed by atoms with Crippen molar-refractivity contribution in [1.29, 1.82) is 0 Å². The van der Waals surface area contributed by atoms with Crippen LogP contribution < -0.4 is 0 Å². The highest BCUT2D eigenvalue weighted by Crippen LogP contribution is 2.52. The van der Waals surface area contributed by atoms with Crippen LogP contribution in [0.3, 0.4) is 0 Å². The molecule has 254 valence electrons. The Bertz CT molecular complexity index is 3130. The Morgan fingerprint density at radius 2 is 1.09 bits per heavy atom. The second kappa shape index (κ2) is 11.5. The van der Waals surface area contributed by atoms with Crippen LogP contribution in [0, 0.1) is 0 Å². The molecule has 0 radical (unpaired) electrons. The molecule has 0 bridgehead atoms. The summed E-state index contributed by atoms with van der Waals surface area (Å²) >= 11 is 0. The van der Waals surface area contributed by atoms with Crippen LogP contribution in [0.25, 0.3) is 100 Å². The molecule has 0 saturated carbocycles. The number of nitrogens with zero attached hydrogens (tertiary/aromatic N) is 4. The van der Waals surface area contributed by atoms with Gasteiger partial charge in [0.1, 0.15) is 5.52 Å². The number of fused-ring (bicyclic) bond motifs is 10. The molecule has 0 atom stereocenters. The molecule has 54 heavy (non-hydrogen) atoms. The van der Waals surface area contributed by atoms with E-state index in [1.54, 1.807) is 0 Å². The van der Waals surface area contributed by atoms with Crippen LogP contribution in [0.4, 0.5) is 0 Å². The molecule has 0 N–H and O–H groups in total. The molecule has 0 fully saturated rings. The second-order valence-electron chi connectivity index (χ2n) is 14.6. The third-order valence-corrected chi connectivity index (χ3v) is 11.1. The zero-order chi connectivity index (χ0) is 36.0. The second-order valence-corrected chi connectivity index (χ2v) is 14.6. The lowest BCUT2D eigenvalue weighted by atomic mass is 9.80. The maximum absolute atomic E-state index is 6.66. The van der Waals surface area contributed by atoms with Crippen LogP contribution in [-0.2, 0) is 5.41 Å². The van der Waals surface area contributed by atoms with Crippen LogP contribution in [0.1, 0.15) is 25.0 Å². The summed E-state index contributed by atoms with van der Waals surface area (Å²) in [4.78, 5) is 20.8. The largest absolute Gasteiger partial charge is 0.435 e. The number of hydrogen-bond donors (Lipinski definition) is 0. The highest BCUT2D eigenvalue weighted by Gasteiger charge is 2.38. The molecule has 10 aromatic rings. The van der Waals surface area contributed by atoms with Gasteiger partial charge in [-0.25, -0.2) is 19.9 Å². The average Bonchev–Trinajstić information content (AvgIpc) is 3.77. The van der Waals surface area contributed by atoms with E-state index in [-0.39, 0.29) is 5.41 Å². The minimum absolute atomic E-state index is 0.238. The number of hydrogen-bond acceptors (Lipinski definition) is 5. The molecular weight excluding hydrogens is 661 g/mol. The maximum Gasteiger partial charge on any atom is 0.227 e. The van der Waals surface area contributed by atoms with Crippen molar-refractivity contribution in [3.63, 3.8) is 0 Å². The lowest BCUT2D eigenvalue weighted by Gasteiger charge is -2.24. The lowest BCUT2D eigenvalue weighted by Crippen LogP contribution is -2.17. The van der Waals surface area contributed by atoms with Gasteiger partial charge in [-0.3, -0.25) is 0 Å². The summed E-state index contributed by atoms with van der Waals surface area (Å²) in [6.07, 6.45) is 0. The van der Waals surface area contributed by atoms with E-state index in [4.69, 9.17) is 24.4 Å².